The topological polar surface area (TPSA) is 52.6 Å². The molecule has 0 aromatic heterocycles. The predicted octanol–water partition coefficient (Wildman–Crippen LogP) is 1.63. The highest BCUT2D eigenvalue weighted by Crippen LogP contribution is 2.07. The third-order valence-electron chi connectivity index (χ3n) is 1.46. The number of hydrogen-bond acceptors (Lipinski definition) is 4. The molecule has 4 nitrogen and oxygen atoms in total. The van der Waals surface area contributed by atoms with E-state index < -0.39 is 11.9 Å². The van der Waals surface area contributed by atoms with Gasteiger partial charge in [0.15, 0.2) is 6.07 Å². The van der Waals surface area contributed by atoms with E-state index in [-0.39, 0.29) is 11.6 Å². The molecule has 0 radical (unpaired) electrons. The maximum absolute atomic E-state index is 11.2. The lowest BCUT2D eigenvalue weighted by Crippen LogP contribution is -2.09. The van der Waals surface area contributed by atoms with E-state index in [0.29, 0.717) is 6.42 Å². The van der Waals surface area contributed by atoms with Crippen molar-refractivity contribution in [3.05, 3.63) is 11.6 Å². The van der Waals surface area contributed by atoms with Crippen molar-refractivity contribution in [2.45, 2.75) is 19.8 Å². The molecular formula is C9H13ClO4. The Morgan fingerprint density at radius 2 is 2.07 bits per heavy atom. The lowest BCUT2D eigenvalue weighted by atomic mass is 10.1. The Morgan fingerprint density at radius 3 is 2.50 bits per heavy atom. The van der Waals surface area contributed by atoms with Crippen LogP contribution in [0.15, 0.2) is 11.6 Å². The molecule has 0 bridgehead atoms. The molecule has 0 aromatic rings. The number of methoxy groups -OCH3 is 1. The van der Waals surface area contributed by atoms with Crippen LogP contribution in [0.4, 0.5) is 0 Å². The van der Waals surface area contributed by atoms with E-state index in [1.165, 1.54) is 7.11 Å². The zero-order valence-electron chi connectivity index (χ0n) is 8.21. The van der Waals surface area contributed by atoms with Crippen LogP contribution in [0.25, 0.3) is 0 Å². The van der Waals surface area contributed by atoms with Crippen LogP contribution in [0.3, 0.4) is 0 Å². The third kappa shape index (κ3) is 4.87. The molecule has 0 rings (SSSR count). The molecule has 0 heterocycles. The van der Waals surface area contributed by atoms with Crippen molar-refractivity contribution in [2.75, 3.05) is 13.2 Å². The van der Waals surface area contributed by atoms with Gasteiger partial charge in [0.2, 0.25) is 0 Å². The Kier molecular flexibility index (Phi) is 6.84. The summed E-state index contributed by atoms with van der Waals surface area (Å²) in [6, 6.07) is -0.221. The molecule has 5 heteroatoms. The predicted molar refractivity (Wildman–Crippen MR) is 51.8 cm³/mol. The molecule has 14 heavy (non-hydrogen) atoms. The Hall–Kier alpha value is -1.03. The fourth-order valence-electron chi connectivity index (χ4n) is 0.846. The first kappa shape index (κ1) is 13.0. The van der Waals surface area contributed by atoms with Crippen LogP contribution in [-0.2, 0) is 19.1 Å². The van der Waals surface area contributed by atoms with Crippen LogP contribution in [0.5, 0.6) is 0 Å². The van der Waals surface area contributed by atoms with Gasteiger partial charge in [0.1, 0.15) is 0 Å². The van der Waals surface area contributed by atoms with E-state index in [0.717, 1.165) is 12.5 Å². The van der Waals surface area contributed by atoms with Gasteiger partial charge in [0, 0.05) is 11.6 Å². The van der Waals surface area contributed by atoms with Gasteiger partial charge < -0.3 is 9.47 Å². The number of alkyl halides is 1. The molecule has 0 atom stereocenters. The molecule has 0 amide bonds. The summed E-state index contributed by atoms with van der Waals surface area (Å²) in [6.07, 6.45) is 2.32. The van der Waals surface area contributed by atoms with Crippen molar-refractivity contribution in [3.63, 3.8) is 0 Å². The fourth-order valence-corrected chi connectivity index (χ4v) is 0.945. The standard InChI is InChI=1S/C9H13ClO4/c1-3-4-7(5-8(11)13-2)9(12)14-6-10/h5H,3-4,6H2,1-2H3/b7-5-. The smallest absolute Gasteiger partial charge is 0.335 e. The molecule has 0 saturated heterocycles. The Balaban J connectivity index is 4.49. The minimum absolute atomic E-state index is 0.221. The number of esters is 2. The second-order valence-corrected chi connectivity index (χ2v) is 2.70. The average Bonchev–Trinajstić information content (AvgIpc) is 2.17. The van der Waals surface area contributed by atoms with Crippen LogP contribution in [0.1, 0.15) is 19.8 Å². The van der Waals surface area contributed by atoms with Crippen LogP contribution in [0.2, 0.25) is 0 Å². The molecule has 0 saturated carbocycles. The maximum Gasteiger partial charge on any atom is 0.335 e. The van der Waals surface area contributed by atoms with Gasteiger partial charge in [-0.2, -0.15) is 0 Å². The van der Waals surface area contributed by atoms with Crippen LogP contribution < -0.4 is 0 Å². The van der Waals surface area contributed by atoms with E-state index in [9.17, 15) is 9.59 Å². The van der Waals surface area contributed by atoms with E-state index in [4.69, 9.17) is 11.6 Å². The van der Waals surface area contributed by atoms with Gasteiger partial charge in [-0.15, -0.1) is 0 Å². The van der Waals surface area contributed by atoms with Crippen LogP contribution in [0, 0.1) is 0 Å². The van der Waals surface area contributed by atoms with Crippen molar-refractivity contribution < 1.29 is 19.1 Å². The highest BCUT2D eigenvalue weighted by molar-refractivity contribution is 6.17. The van der Waals surface area contributed by atoms with Crippen molar-refractivity contribution in [1.82, 2.24) is 0 Å². The molecule has 0 fully saturated rings. The summed E-state index contributed by atoms with van der Waals surface area (Å²) in [5.41, 5.74) is 0.278. The fraction of sp³-hybridized carbons (Fsp3) is 0.556. The second-order valence-electron chi connectivity index (χ2n) is 2.48. The third-order valence-corrected chi connectivity index (χ3v) is 1.57. The zero-order chi connectivity index (χ0) is 11.0. The van der Waals surface area contributed by atoms with Crippen molar-refractivity contribution >= 4 is 23.5 Å². The molecule has 0 aliphatic carbocycles. The molecule has 0 unspecified atom stereocenters. The van der Waals surface area contributed by atoms with Gasteiger partial charge in [-0.25, -0.2) is 9.59 Å². The number of carbonyl (C=O) groups is 2. The first-order chi connectivity index (χ1) is 6.65. The lowest BCUT2D eigenvalue weighted by Gasteiger charge is -2.03. The van der Waals surface area contributed by atoms with E-state index in [1.54, 1.807) is 0 Å². The Labute approximate surface area is 87.8 Å². The van der Waals surface area contributed by atoms with Gasteiger partial charge in [-0.05, 0) is 6.42 Å². The summed E-state index contributed by atoms with van der Waals surface area (Å²) in [5, 5.41) is 0. The van der Waals surface area contributed by atoms with Crippen molar-refractivity contribution in [1.29, 1.82) is 0 Å². The quantitative estimate of drug-likeness (QED) is 0.401. The molecular weight excluding hydrogens is 208 g/mol. The van der Waals surface area contributed by atoms with Gasteiger partial charge in [0.05, 0.1) is 7.11 Å². The molecule has 0 aromatic carbocycles. The lowest BCUT2D eigenvalue weighted by molar-refractivity contribution is -0.139. The minimum Gasteiger partial charge on any atom is -0.466 e. The van der Waals surface area contributed by atoms with E-state index in [1.807, 2.05) is 6.92 Å². The monoisotopic (exact) mass is 220 g/mol. The average molecular weight is 221 g/mol. The highest BCUT2D eigenvalue weighted by Gasteiger charge is 2.11. The maximum atomic E-state index is 11.2. The Morgan fingerprint density at radius 1 is 1.43 bits per heavy atom. The first-order valence-electron chi connectivity index (χ1n) is 4.17. The summed E-state index contributed by atoms with van der Waals surface area (Å²) < 4.78 is 8.95. The number of rotatable bonds is 5. The van der Waals surface area contributed by atoms with Crippen LogP contribution in [-0.4, -0.2) is 25.1 Å². The number of ether oxygens (including phenoxy) is 2. The van der Waals surface area contributed by atoms with E-state index in [2.05, 4.69) is 9.47 Å². The number of halogens is 1. The van der Waals surface area contributed by atoms with Gasteiger partial charge >= 0.3 is 11.9 Å². The summed E-state index contributed by atoms with van der Waals surface area (Å²) in [4.78, 5) is 22.1. The molecule has 0 aliphatic rings. The van der Waals surface area contributed by atoms with Crippen molar-refractivity contribution in [2.24, 2.45) is 0 Å². The largest absolute Gasteiger partial charge is 0.466 e. The van der Waals surface area contributed by atoms with Gasteiger partial charge in [-0.1, -0.05) is 24.9 Å². The molecule has 0 spiro atoms. The first-order valence-corrected chi connectivity index (χ1v) is 4.70. The highest BCUT2D eigenvalue weighted by atomic mass is 35.5. The summed E-state index contributed by atoms with van der Waals surface area (Å²) >= 11 is 5.22. The number of carbonyl (C=O) groups excluding carboxylic acids is 2. The SMILES string of the molecule is CCC/C(=C/C(=O)OC)C(=O)OCCl. The number of hydrogen-bond donors (Lipinski definition) is 0. The van der Waals surface area contributed by atoms with E-state index >= 15 is 0 Å². The molecule has 0 N–H and O–H groups in total. The second kappa shape index (κ2) is 7.38. The molecule has 80 valence electrons. The van der Waals surface area contributed by atoms with Crippen LogP contribution >= 0.6 is 11.6 Å². The summed E-state index contributed by atoms with van der Waals surface area (Å²) in [7, 11) is 1.25. The van der Waals surface area contributed by atoms with Gasteiger partial charge in [0.25, 0.3) is 0 Å². The summed E-state index contributed by atoms with van der Waals surface area (Å²) in [5.74, 6) is -1.15. The molecule has 0 aliphatic heterocycles. The normalized spacial score (nSPS) is 10.9. The van der Waals surface area contributed by atoms with Crippen molar-refractivity contribution in [3.8, 4) is 0 Å². The Bertz CT molecular complexity index is 235. The zero-order valence-corrected chi connectivity index (χ0v) is 8.97. The minimum atomic E-state index is -0.577. The van der Waals surface area contributed by atoms with Gasteiger partial charge in [-0.3, -0.25) is 0 Å². The summed E-state index contributed by atoms with van der Waals surface area (Å²) in [6.45, 7) is 1.89.